The van der Waals surface area contributed by atoms with Crippen LogP contribution in [0.3, 0.4) is 0 Å². The van der Waals surface area contributed by atoms with Crippen molar-refractivity contribution in [2.75, 3.05) is 17.1 Å². The summed E-state index contributed by atoms with van der Waals surface area (Å²) in [5, 5.41) is 3.51. The largest absolute Gasteiger partial charge is 0.352 e. The van der Waals surface area contributed by atoms with Gasteiger partial charge in [0.25, 0.3) is 0 Å². The van der Waals surface area contributed by atoms with E-state index >= 15 is 0 Å². The van der Waals surface area contributed by atoms with Crippen molar-refractivity contribution in [1.82, 2.24) is 10.2 Å². The van der Waals surface area contributed by atoms with Crippen molar-refractivity contribution in [1.29, 1.82) is 0 Å². The molecule has 0 aromatic heterocycles. The summed E-state index contributed by atoms with van der Waals surface area (Å²) in [6.45, 7) is 1.32. The third-order valence-electron chi connectivity index (χ3n) is 5.96. The van der Waals surface area contributed by atoms with Crippen LogP contribution in [-0.4, -0.2) is 50.0 Å². The van der Waals surface area contributed by atoms with Gasteiger partial charge in [-0.3, -0.25) is 13.9 Å². The molecular weight excluding hydrogens is 589 g/mol. The highest BCUT2D eigenvalue weighted by molar-refractivity contribution is 14.1. The van der Waals surface area contributed by atoms with E-state index in [0.29, 0.717) is 16.3 Å². The summed E-state index contributed by atoms with van der Waals surface area (Å²) in [4.78, 5) is 28.0. The molecule has 0 radical (unpaired) electrons. The Bertz CT molecular complexity index is 1120. The highest BCUT2D eigenvalue weighted by atomic mass is 127. The number of benzene rings is 2. The Morgan fingerprint density at radius 2 is 1.74 bits per heavy atom. The van der Waals surface area contributed by atoms with Gasteiger partial charge in [0.05, 0.1) is 11.9 Å². The molecule has 1 saturated carbocycles. The van der Waals surface area contributed by atoms with Gasteiger partial charge >= 0.3 is 0 Å². The molecule has 0 bridgehead atoms. The average molecular weight is 618 g/mol. The molecule has 0 spiro atoms. The van der Waals surface area contributed by atoms with Crippen LogP contribution in [-0.2, 0) is 26.2 Å². The zero-order valence-corrected chi connectivity index (χ0v) is 22.9. The molecular formula is C24H29ClIN3O4S. The molecule has 2 aromatic carbocycles. The minimum Gasteiger partial charge on any atom is -0.352 e. The van der Waals surface area contributed by atoms with Crippen LogP contribution in [0.1, 0.15) is 38.2 Å². The second-order valence-electron chi connectivity index (χ2n) is 8.53. The number of sulfonamides is 1. The fourth-order valence-electron chi connectivity index (χ4n) is 4.01. The van der Waals surface area contributed by atoms with Gasteiger partial charge in [-0.25, -0.2) is 8.42 Å². The summed E-state index contributed by atoms with van der Waals surface area (Å²) >= 11 is 8.47. The normalized spacial score (nSPS) is 15.1. The van der Waals surface area contributed by atoms with Crippen molar-refractivity contribution in [3.05, 3.63) is 62.7 Å². The van der Waals surface area contributed by atoms with E-state index in [2.05, 4.69) is 27.9 Å². The van der Waals surface area contributed by atoms with Gasteiger partial charge in [-0.15, -0.1) is 0 Å². The maximum Gasteiger partial charge on any atom is 0.244 e. The predicted molar refractivity (Wildman–Crippen MR) is 143 cm³/mol. The number of hydrogen-bond acceptors (Lipinski definition) is 4. The highest BCUT2D eigenvalue weighted by Crippen LogP contribution is 2.23. The van der Waals surface area contributed by atoms with Crippen molar-refractivity contribution < 1.29 is 18.0 Å². The van der Waals surface area contributed by atoms with Crippen molar-refractivity contribution in [2.24, 2.45) is 0 Å². The van der Waals surface area contributed by atoms with Gasteiger partial charge < -0.3 is 10.2 Å². The summed E-state index contributed by atoms with van der Waals surface area (Å²) in [5.41, 5.74) is 1.07. The SMILES string of the molecule is C[C@@H](C(=O)NC1CCCC1)N(Cc1ccccc1Cl)C(=O)CN(c1ccc(I)cc1)S(C)(=O)=O. The number of carbonyl (C=O) groups is 2. The Kier molecular flexibility index (Phi) is 9.22. The van der Waals surface area contributed by atoms with E-state index in [1.807, 2.05) is 6.07 Å². The van der Waals surface area contributed by atoms with Gasteiger partial charge in [0.15, 0.2) is 0 Å². The van der Waals surface area contributed by atoms with Crippen molar-refractivity contribution in [3.8, 4) is 0 Å². The van der Waals surface area contributed by atoms with Gasteiger partial charge in [-0.1, -0.05) is 42.6 Å². The first-order valence-corrected chi connectivity index (χ1v) is 14.4. The van der Waals surface area contributed by atoms with Crippen LogP contribution in [0.2, 0.25) is 5.02 Å². The van der Waals surface area contributed by atoms with Crippen molar-refractivity contribution >= 4 is 61.7 Å². The summed E-state index contributed by atoms with van der Waals surface area (Å²) in [7, 11) is -3.75. The van der Waals surface area contributed by atoms with E-state index in [0.717, 1.165) is 39.8 Å². The predicted octanol–water partition coefficient (Wildman–Crippen LogP) is 4.19. The Morgan fingerprint density at radius 1 is 1.12 bits per heavy atom. The fraction of sp³-hybridized carbons (Fsp3) is 0.417. The first kappa shape index (κ1) is 26.7. The van der Waals surface area contributed by atoms with Crippen LogP contribution >= 0.6 is 34.2 Å². The Labute approximate surface area is 220 Å². The van der Waals surface area contributed by atoms with Crippen molar-refractivity contribution in [3.63, 3.8) is 0 Å². The minimum atomic E-state index is -3.75. The first-order valence-electron chi connectivity index (χ1n) is 11.1. The van der Waals surface area contributed by atoms with E-state index < -0.39 is 28.5 Å². The molecule has 3 rings (SSSR count). The Hall–Kier alpha value is -1.85. The number of hydrogen-bond donors (Lipinski definition) is 1. The lowest BCUT2D eigenvalue weighted by Gasteiger charge is -2.32. The van der Waals surface area contributed by atoms with Gasteiger partial charge in [-0.2, -0.15) is 0 Å². The molecule has 0 aliphatic heterocycles. The number of halogens is 2. The zero-order chi connectivity index (χ0) is 24.9. The lowest BCUT2D eigenvalue weighted by Crippen LogP contribution is -2.52. The molecule has 7 nitrogen and oxygen atoms in total. The number of amides is 2. The number of nitrogens with one attached hydrogen (secondary N) is 1. The maximum atomic E-state index is 13.5. The fourth-order valence-corrected chi connectivity index (χ4v) is 5.41. The minimum absolute atomic E-state index is 0.0854. The van der Waals surface area contributed by atoms with Gasteiger partial charge in [0.1, 0.15) is 12.6 Å². The van der Waals surface area contributed by atoms with Gasteiger partial charge in [0.2, 0.25) is 21.8 Å². The number of anilines is 1. The summed E-state index contributed by atoms with van der Waals surface area (Å²) in [6, 6.07) is 13.3. The number of nitrogens with zero attached hydrogens (tertiary/aromatic N) is 2. The molecule has 2 amide bonds. The van der Waals surface area contributed by atoms with E-state index in [1.54, 1.807) is 49.4 Å². The Morgan fingerprint density at radius 3 is 2.32 bits per heavy atom. The average Bonchev–Trinajstić information content (AvgIpc) is 3.29. The first-order chi connectivity index (χ1) is 16.1. The van der Waals surface area contributed by atoms with Crippen LogP contribution in [0.15, 0.2) is 48.5 Å². The molecule has 1 aliphatic carbocycles. The van der Waals surface area contributed by atoms with Crippen LogP contribution in [0, 0.1) is 3.57 Å². The summed E-state index contributed by atoms with van der Waals surface area (Å²) in [6.07, 6.45) is 5.05. The van der Waals surface area contributed by atoms with Crippen LogP contribution in [0.5, 0.6) is 0 Å². The molecule has 1 aliphatic rings. The molecule has 34 heavy (non-hydrogen) atoms. The monoisotopic (exact) mass is 617 g/mol. The van der Waals surface area contributed by atoms with E-state index in [4.69, 9.17) is 11.6 Å². The summed E-state index contributed by atoms with van der Waals surface area (Å²) < 4.78 is 27.2. The smallest absolute Gasteiger partial charge is 0.244 e. The number of carbonyl (C=O) groups excluding carboxylic acids is 2. The molecule has 10 heteroatoms. The number of rotatable bonds is 9. The topological polar surface area (TPSA) is 86.8 Å². The quantitative estimate of drug-likeness (QED) is 0.428. The Balaban J connectivity index is 1.88. The highest BCUT2D eigenvalue weighted by Gasteiger charge is 2.31. The van der Waals surface area contributed by atoms with E-state index in [9.17, 15) is 18.0 Å². The lowest BCUT2D eigenvalue weighted by atomic mass is 10.1. The molecule has 1 atom stereocenters. The maximum absolute atomic E-state index is 13.5. The molecule has 0 unspecified atom stereocenters. The third kappa shape index (κ3) is 7.08. The van der Waals surface area contributed by atoms with E-state index in [1.165, 1.54) is 4.90 Å². The van der Waals surface area contributed by atoms with Gasteiger partial charge in [0, 0.05) is 21.2 Å². The molecule has 1 fully saturated rings. The molecule has 0 heterocycles. The second kappa shape index (κ2) is 11.7. The van der Waals surface area contributed by atoms with Crippen LogP contribution < -0.4 is 9.62 Å². The summed E-state index contributed by atoms with van der Waals surface area (Å²) in [5.74, 6) is -0.745. The van der Waals surface area contributed by atoms with Crippen molar-refractivity contribution in [2.45, 2.75) is 51.2 Å². The molecule has 2 aromatic rings. The molecule has 1 N–H and O–H groups in total. The molecule has 184 valence electrons. The van der Waals surface area contributed by atoms with E-state index in [-0.39, 0.29) is 18.5 Å². The lowest BCUT2D eigenvalue weighted by molar-refractivity contribution is -0.139. The van der Waals surface area contributed by atoms with Crippen LogP contribution in [0.4, 0.5) is 5.69 Å². The third-order valence-corrected chi connectivity index (χ3v) is 8.19. The van der Waals surface area contributed by atoms with Crippen LogP contribution in [0.25, 0.3) is 0 Å². The zero-order valence-electron chi connectivity index (χ0n) is 19.2. The molecule has 0 saturated heterocycles. The standard InChI is InChI=1S/C24H29ClIN3O4S/c1-17(24(31)27-20-8-4-5-9-20)28(15-18-7-3-6-10-22(18)25)23(30)16-29(34(2,32)33)21-13-11-19(26)12-14-21/h3,6-7,10-14,17,20H,4-5,8-9,15-16H2,1-2H3,(H,27,31)/t17-/m0/s1. The van der Waals surface area contributed by atoms with Gasteiger partial charge in [-0.05, 0) is 78.3 Å². The second-order valence-corrected chi connectivity index (χ2v) is 12.1.